The van der Waals surface area contributed by atoms with Crippen molar-refractivity contribution in [3.8, 4) is 11.4 Å². The lowest BCUT2D eigenvalue weighted by molar-refractivity contribution is -0.141. The molecule has 0 fully saturated rings. The number of halogens is 3. The molecule has 0 spiro atoms. The number of alkyl halides is 3. The van der Waals surface area contributed by atoms with Crippen molar-refractivity contribution >= 4 is 11.9 Å². The Bertz CT molecular complexity index is 713. The molecule has 1 aliphatic heterocycles. The van der Waals surface area contributed by atoms with Crippen LogP contribution < -0.4 is 0 Å². The molecule has 1 N–H and O–H groups in total. The van der Waals surface area contributed by atoms with Crippen molar-refractivity contribution in [2.24, 2.45) is 4.99 Å². The molecule has 2 aromatic rings. The van der Waals surface area contributed by atoms with E-state index >= 15 is 0 Å². The normalized spacial score (nSPS) is 15.1. The molecule has 0 aromatic carbocycles. The summed E-state index contributed by atoms with van der Waals surface area (Å²) >= 11 is 0. The van der Waals surface area contributed by atoms with Crippen LogP contribution in [0.5, 0.6) is 0 Å². The maximum atomic E-state index is 12.6. The Morgan fingerprint density at radius 2 is 1.86 bits per heavy atom. The van der Waals surface area contributed by atoms with Crippen molar-refractivity contribution < 1.29 is 13.2 Å². The number of hydrogen-bond donors (Lipinski definition) is 1. The molecule has 0 atom stereocenters. The number of allylic oxidation sites excluding steroid dienone is 1. The van der Waals surface area contributed by atoms with Crippen molar-refractivity contribution in [2.45, 2.75) is 19.0 Å². The molecule has 0 unspecified atom stereocenters. The van der Waals surface area contributed by atoms with Gasteiger partial charge in [-0.1, -0.05) is 12.1 Å². The second-order valence-electron chi connectivity index (χ2n) is 4.55. The van der Waals surface area contributed by atoms with Gasteiger partial charge < -0.3 is 0 Å². The highest BCUT2D eigenvalue weighted by molar-refractivity contribution is 5.75. The third kappa shape index (κ3) is 2.86. The SMILES string of the molecule is FC(F)(F)c1cc(-c2cccc(C3=CCCC=N3)n2)n[nH]1. The van der Waals surface area contributed by atoms with E-state index in [1.54, 1.807) is 24.4 Å². The fourth-order valence-electron chi connectivity index (χ4n) is 2.00. The Hall–Kier alpha value is -2.44. The molecule has 7 heteroatoms. The lowest BCUT2D eigenvalue weighted by atomic mass is 10.1. The van der Waals surface area contributed by atoms with E-state index in [1.807, 2.05) is 11.2 Å². The highest BCUT2D eigenvalue weighted by atomic mass is 19.4. The zero-order valence-electron chi connectivity index (χ0n) is 10.9. The molecular weight excluding hydrogens is 281 g/mol. The van der Waals surface area contributed by atoms with Crippen molar-refractivity contribution in [2.75, 3.05) is 0 Å². The van der Waals surface area contributed by atoms with Gasteiger partial charge in [-0.25, -0.2) is 4.98 Å². The second-order valence-corrected chi connectivity index (χ2v) is 4.55. The van der Waals surface area contributed by atoms with Crippen LogP contribution in [0.15, 0.2) is 35.3 Å². The Morgan fingerprint density at radius 3 is 2.52 bits per heavy atom. The van der Waals surface area contributed by atoms with Crippen LogP contribution in [0.3, 0.4) is 0 Å². The van der Waals surface area contributed by atoms with Crippen LogP contribution in [0.4, 0.5) is 13.2 Å². The summed E-state index contributed by atoms with van der Waals surface area (Å²) in [7, 11) is 0. The lowest BCUT2D eigenvalue weighted by Gasteiger charge is -2.06. The van der Waals surface area contributed by atoms with Crippen molar-refractivity contribution in [1.29, 1.82) is 0 Å². The summed E-state index contributed by atoms with van der Waals surface area (Å²) < 4.78 is 37.7. The molecule has 0 aliphatic carbocycles. The van der Waals surface area contributed by atoms with E-state index in [1.165, 1.54) is 0 Å². The van der Waals surface area contributed by atoms with Crippen molar-refractivity contribution in [3.05, 3.63) is 41.7 Å². The summed E-state index contributed by atoms with van der Waals surface area (Å²) in [6.07, 6.45) is 1.08. The Kier molecular flexibility index (Phi) is 3.32. The number of H-pyrrole nitrogens is 1. The molecule has 0 radical (unpaired) electrons. The number of aliphatic imine (C=N–C) groups is 1. The minimum Gasteiger partial charge on any atom is -0.273 e. The van der Waals surface area contributed by atoms with Gasteiger partial charge in [0.1, 0.15) is 11.4 Å². The first kappa shape index (κ1) is 13.5. The highest BCUT2D eigenvalue weighted by Crippen LogP contribution is 2.30. The van der Waals surface area contributed by atoms with Gasteiger partial charge in [0, 0.05) is 6.21 Å². The van der Waals surface area contributed by atoms with Gasteiger partial charge in [-0.05, 0) is 31.0 Å². The van der Waals surface area contributed by atoms with E-state index in [4.69, 9.17) is 0 Å². The first-order valence-corrected chi connectivity index (χ1v) is 6.37. The van der Waals surface area contributed by atoms with E-state index in [9.17, 15) is 13.2 Å². The average Bonchev–Trinajstić information content (AvgIpc) is 2.98. The zero-order chi connectivity index (χ0) is 14.9. The van der Waals surface area contributed by atoms with Crippen LogP contribution in [0.25, 0.3) is 17.1 Å². The van der Waals surface area contributed by atoms with Crippen LogP contribution >= 0.6 is 0 Å². The summed E-state index contributed by atoms with van der Waals surface area (Å²) in [5, 5.41) is 5.66. The van der Waals surface area contributed by atoms with E-state index in [2.05, 4.69) is 15.1 Å². The molecule has 2 aromatic heterocycles. The van der Waals surface area contributed by atoms with Crippen LogP contribution in [0.2, 0.25) is 0 Å². The summed E-state index contributed by atoms with van der Waals surface area (Å²) in [5.41, 5.74) is 1.000. The van der Waals surface area contributed by atoms with Gasteiger partial charge >= 0.3 is 6.18 Å². The summed E-state index contributed by atoms with van der Waals surface area (Å²) in [4.78, 5) is 8.57. The molecule has 4 nitrogen and oxygen atoms in total. The number of rotatable bonds is 2. The molecule has 0 saturated heterocycles. The van der Waals surface area contributed by atoms with Gasteiger partial charge in [-0.3, -0.25) is 10.1 Å². The van der Waals surface area contributed by atoms with Crippen LogP contribution in [0, 0.1) is 0 Å². The van der Waals surface area contributed by atoms with Crippen LogP contribution in [0.1, 0.15) is 24.2 Å². The number of aromatic nitrogens is 3. The smallest absolute Gasteiger partial charge is 0.273 e. The first-order chi connectivity index (χ1) is 10.0. The molecule has 0 saturated carbocycles. The van der Waals surface area contributed by atoms with Gasteiger partial charge in [-0.15, -0.1) is 0 Å². The minimum absolute atomic E-state index is 0.157. The summed E-state index contributed by atoms with van der Waals surface area (Å²) in [6, 6.07) is 6.07. The van der Waals surface area contributed by atoms with Gasteiger partial charge in [-0.2, -0.15) is 18.3 Å². The fraction of sp³-hybridized carbons (Fsp3) is 0.214. The molecule has 0 bridgehead atoms. The second kappa shape index (κ2) is 5.16. The third-order valence-corrected chi connectivity index (χ3v) is 3.02. The molecule has 1 aliphatic rings. The maximum absolute atomic E-state index is 12.6. The fourth-order valence-corrected chi connectivity index (χ4v) is 2.00. The largest absolute Gasteiger partial charge is 0.432 e. The van der Waals surface area contributed by atoms with E-state index < -0.39 is 11.9 Å². The topological polar surface area (TPSA) is 53.9 Å². The average molecular weight is 292 g/mol. The van der Waals surface area contributed by atoms with Crippen molar-refractivity contribution in [1.82, 2.24) is 15.2 Å². The Labute approximate surface area is 118 Å². The van der Waals surface area contributed by atoms with Gasteiger partial charge in [0.2, 0.25) is 0 Å². The molecule has 108 valence electrons. The molecule has 0 amide bonds. The maximum Gasteiger partial charge on any atom is 0.432 e. The molecule has 21 heavy (non-hydrogen) atoms. The lowest BCUT2D eigenvalue weighted by Crippen LogP contribution is -2.04. The number of aromatic amines is 1. The van der Waals surface area contributed by atoms with Crippen molar-refractivity contribution in [3.63, 3.8) is 0 Å². The molecule has 3 rings (SSSR count). The minimum atomic E-state index is -4.45. The number of nitrogens with zero attached hydrogens (tertiary/aromatic N) is 3. The number of nitrogens with one attached hydrogen (secondary N) is 1. The summed E-state index contributed by atoms with van der Waals surface area (Å²) in [6.45, 7) is 0. The van der Waals surface area contributed by atoms with E-state index in [0.29, 0.717) is 11.4 Å². The predicted molar refractivity (Wildman–Crippen MR) is 72.5 cm³/mol. The molecular formula is C14H11F3N4. The number of hydrogen-bond acceptors (Lipinski definition) is 3. The monoisotopic (exact) mass is 292 g/mol. The van der Waals surface area contributed by atoms with Crippen LogP contribution in [-0.4, -0.2) is 21.4 Å². The van der Waals surface area contributed by atoms with E-state index in [-0.39, 0.29) is 5.69 Å². The summed E-state index contributed by atoms with van der Waals surface area (Å²) in [5.74, 6) is 0. The zero-order valence-corrected chi connectivity index (χ0v) is 10.9. The van der Waals surface area contributed by atoms with Crippen LogP contribution in [-0.2, 0) is 6.18 Å². The van der Waals surface area contributed by atoms with Gasteiger partial charge in [0.15, 0.2) is 0 Å². The Morgan fingerprint density at radius 1 is 1.05 bits per heavy atom. The third-order valence-electron chi connectivity index (χ3n) is 3.02. The first-order valence-electron chi connectivity index (χ1n) is 6.37. The predicted octanol–water partition coefficient (Wildman–Crippen LogP) is 3.70. The quantitative estimate of drug-likeness (QED) is 0.917. The van der Waals surface area contributed by atoms with E-state index in [0.717, 1.165) is 24.6 Å². The van der Waals surface area contributed by atoms with Gasteiger partial charge in [0.25, 0.3) is 0 Å². The van der Waals surface area contributed by atoms with Gasteiger partial charge in [0.05, 0.1) is 17.1 Å². The molecule has 3 heterocycles. The Balaban J connectivity index is 1.95. The highest BCUT2D eigenvalue weighted by Gasteiger charge is 2.33. The standard InChI is InChI=1S/C14H11F3N4/c15-14(16,17)13-8-12(20-21-13)11-6-3-5-10(19-11)9-4-1-2-7-18-9/h3-8H,1-2H2,(H,20,21). The number of pyridine rings is 1.